The van der Waals surface area contributed by atoms with E-state index in [1.807, 2.05) is 0 Å². The molecule has 0 amide bonds. The van der Waals surface area contributed by atoms with Gasteiger partial charge in [0.25, 0.3) is 0 Å². The van der Waals surface area contributed by atoms with E-state index in [1.165, 1.54) is 36.1 Å². The Balaban J connectivity index is 1.92. The van der Waals surface area contributed by atoms with Gasteiger partial charge in [0, 0.05) is 34.8 Å². The molecule has 1 fully saturated rings. The van der Waals surface area contributed by atoms with Crippen molar-refractivity contribution in [1.29, 1.82) is 0 Å². The summed E-state index contributed by atoms with van der Waals surface area (Å²) < 4.78 is 0. The number of allylic oxidation sites excluding steroid dienone is 1. The zero-order valence-corrected chi connectivity index (χ0v) is 14.4. The predicted octanol–water partition coefficient (Wildman–Crippen LogP) is 4.77. The van der Waals surface area contributed by atoms with Gasteiger partial charge in [-0.2, -0.15) is 0 Å². The van der Waals surface area contributed by atoms with Crippen molar-refractivity contribution < 1.29 is 5.11 Å². The summed E-state index contributed by atoms with van der Waals surface area (Å²) in [4.78, 5) is 2.32. The van der Waals surface area contributed by atoms with Gasteiger partial charge in [-0.3, -0.25) is 0 Å². The third-order valence-corrected chi connectivity index (χ3v) is 4.85. The maximum atomic E-state index is 9.35. The van der Waals surface area contributed by atoms with E-state index in [0.29, 0.717) is 6.54 Å². The summed E-state index contributed by atoms with van der Waals surface area (Å²) in [5.41, 5.74) is 6.40. The van der Waals surface area contributed by atoms with Gasteiger partial charge in [0.15, 0.2) is 0 Å². The molecule has 0 radical (unpaired) electrons. The normalized spacial score (nSPS) is 16.9. The number of rotatable bonds is 7. The summed E-state index contributed by atoms with van der Waals surface area (Å²) in [6, 6.07) is 8.47. The Morgan fingerprint density at radius 1 is 1.29 bits per heavy atom. The van der Waals surface area contributed by atoms with Crippen LogP contribution in [0.3, 0.4) is 0 Å². The van der Waals surface area contributed by atoms with Gasteiger partial charge in [-0.05, 0) is 30.9 Å². The number of aliphatic hydroxyl groups is 1. The molecule has 1 aliphatic heterocycles. The van der Waals surface area contributed by atoms with Crippen LogP contribution in [0.4, 0.5) is 5.69 Å². The molecule has 0 saturated heterocycles. The third-order valence-electron chi connectivity index (χ3n) is 4.85. The van der Waals surface area contributed by atoms with Gasteiger partial charge in [0.1, 0.15) is 5.76 Å². The number of benzene rings is 1. The molecule has 1 saturated carbocycles. The Labute approximate surface area is 144 Å². The second kappa shape index (κ2) is 6.60. The van der Waals surface area contributed by atoms with Gasteiger partial charge < -0.3 is 15.3 Å². The van der Waals surface area contributed by atoms with E-state index >= 15 is 0 Å². The minimum Gasteiger partial charge on any atom is -0.511 e. The Morgan fingerprint density at radius 3 is 2.67 bits per heavy atom. The van der Waals surface area contributed by atoms with Gasteiger partial charge in [-0.15, -0.1) is 0 Å². The van der Waals surface area contributed by atoms with E-state index in [2.05, 4.69) is 61.1 Å². The Bertz CT molecular complexity index is 725. The number of hydrogen-bond donors (Lipinski definition) is 2. The molecule has 3 nitrogen and oxygen atoms in total. The van der Waals surface area contributed by atoms with Gasteiger partial charge in [-0.25, -0.2) is 0 Å². The minimum absolute atomic E-state index is 0.0989. The van der Waals surface area contributed by atoms with Crippen LogP contribution >= 0.6 is 0 Å². The third kappa shape index (κ3) is 3.25. The van der Waals surface area contributed by atoms with Crippen molar-refractivity contribution in [1.82, 2.24) is 5.32 Å². The fourth-order valence-corrected chi connectivity index (χ4v) is 3.33. The summed E-state index contributed by atoms with van der Waals surface area (Å²) in [7, 11) is 0. The second-order valence-corrected chi connectivity index (χ2v) is 6.75. The Morgan fingerprint density at radius 2 is 2.00 bits per heavy atom. The molecule has 0 unspecified atom stereocenters. The molecule has 2 N–H and O–H groups in total. The predicted molar refractivity (Wildman–Crippen MR) is 102 cm³/mol. The zero-order valence-electron chi connectivity index (χ0n) is 14.4. The summed E-state index contributed by atoms with van der Waals surface area (Å²) in [6.07, 6.45) is 3.92. The quantitative estimate of drug-likeness (QED) is 0.710. The molecule has 1 aromatic rings. The highest BCUT2D eigenvalue weighted by Gasteiger charge is 2.29. The summed E-state index contributed by atoms with van der Waals surface area (Å²) >= 11 is 0. The van der Waals surface area contributed by atoms with Crippen LogP contribution in [0.15, 0.2) is 66.7 Å². The van der Waals surface area contributed by atoms with E-state index in [4.69, 9.17) is 0 Å². The van der Waals surface area contributed by atoms with Crippen molar-refractivity contribution in [3.63, 3.8) is 0 Å². The van der Waals surface area contributed by atoms with E-state index in [1.54, 1.807) is 0 Å². The number of nitrogens with zero attached hydrogens (tertiary/aromatic N) is 1. The lowest BCUT2D eigenvalue weighted by atomic mass is 9.90. The molecule has 0 spiro atoms. The van der Waals surface area contributed by atoms with Gasteiger partial charge in [0.05, 0.1) is 6.54 Å². The van der Waals surface area contributed by atoms with E-state index in [9.17, 15) is 5.11 Å². The molecule has 0 aromatic heterocycles. The highest BCUT2D eigenvalue weighted by Crippen LogP contribution is 2.42. The van der Waals surface area contributed by atoms with Crippen LogP contribution in [0, 0.1) is 5.92 Å². The fraction of sp³-hybridized carbons (Fsp3) is 0.333. The molecule has 24 heavy (non-hydrogen) atoms. The lowest BCUT2D eigenvalue weighted by Crippen LogP contribution is -2.31. The first-order valence-corrected chi connectivity index (χ1v) is 8.56. The average Bonchev–Trinajstić information content (AvgIpc) is 3.37. The topological polar surface area (TPSA) is 35.5 Å². The van der Waals surface area contributed by atoms with Crippen molar-refractivity contribution in [2.45, 2.75) is 26.2 Å². The number of anilines is 1. The van der Waals surface area contributed by atoms with Crippen molar-refractivity contribution in [2.24, 2.45) is 5.92 Å². The fourth-order valence-electron chi connectivity index (χ4n) is 3.33. The van der Waals surface area contributed by atoms with Crippen LogP contribution in [0.25, 0.3) is 5.57 Å². The molecular formula is C21H26N2O. The Kier molecular flexibility index (Phi) is 4.52. The Hall–Kier alpha value is -2.42. The van der Waals surface area contributed by atoms with Crippen LogP contribution in [-0.4, -0.2) is 18.2 Å². The monoisotopic (exact) mass is 322 g/mol. The minimum atomic E-state index is 0.0989. The second-order valence-electron chi connectivity index (χ2n) is 6.75. The molecule has 1 aliphatic carbocycles. The molecule has 2 aliphatic rings. The summed E-state index contributed by atoms with van der Waals surface area (Å²) in [5, 5.41) is 12.5. The number of aliphatic hydroxyl groups excluding tert-OH is 1. The highest BCUT2D eigenvalue weighted by molar-refractivity contribution is 5.88. The zero-order chi connectivity index (χ0) is 17.3. The van der Waals surface area contributed by atoms with Crippen LogP contribution in [0.1, 0.15) is 31.7 Å². The summed E-state index contributed by atoms with van der Waals surface area (Å²) in [5.74, 6) is 0.973. The average molecular weight is 322 g/mol. The van der Waals surface area contributed by atoms with E-state index < -0.39 is 0 Å². The molecule has 3 heteroatoms. The van der Waals surface area contributed by atoms with Crippen molar-refractivity contribution in [3.05, 3.63) is 72.3 Å². The molecule has 126 valence electrons. The first kappa shape index (κ1) is 16.4. The smallest absolute Gasteiger partial charge is 0.104 e. The maximum Gasteiger partial charge on any atom is 0.104 e. The first-order valence-electron chi connectivity index (χ1n) is 8.56. The van der Waals surface area contributed by atoms with Gasteiger partial charge >= 0.3 is 0 Å². The van der Waals surface area contributed by atoms with E-state index in [-0.39, 0.29) is 5.76 Å². The number of nitrogens with one attached hydrogen (secondary N) is 1. The molecule has 3 rings (SSSR count). The molecule has 0 bridgehead atoms. The van der Waals surface area contributed by atoms with Crippen molar-refractivity contribution >= 4 is 11.3 Å². The van der Waals surface area contributed by atoms with Crippen molar-refractivity contribution in [2.75, 3.05) is 18.0 Å². The number of para-hydroxylation sites is 1. The number of fused-ring (bicyclic) bond motifs is 1. The number of hydrogen-bond acceptors (Lipinski definition) is 3. The molecular weight excluding hydrogens is 296 g/mol. The van der Waals surface area contributed by atoms with Crippen LogP contribution < -0.4 is 10.2 Å². The van der Waals surface area contributed by atoms with Gasteiger partial charge in [-0.1, -0.05) is 50.8 Å². The SMILES string of the molecule is C=C(O)CNC(=C)C1=C(C)c2ccccc2N(CCC2CC2)C1=C. The maximum absolute atomic E-state index is 9.35. The lowest BCUT2D eigenvalue weighted by Gasteiger charge is -2.36. The van der Waals surface area contributed by atoms with Crippen molar-refractivity contribution in [3.8, 4) is 0 Å². The van der Waals surface area contributed by atoms with Crippen LogP contribution in [0.5, 0.6) is 0 Å². The van der Waals surface area contributed by atoms with Crippen LogP contribution in [0.2, 0.25) is 0 Å². The lowest BCUT2D eigenvalue weighted by molar-refractivity contribution is 0.398. The molecule has 1 heterocycles. The molecule has 0 atom stereocenters. The van der Waals surface area contributed by atoms with E-state index in [0.717, 1.165) is 29.4 Å². The summed E-state index contributed by atoms with van der Waals surface area (Å²) in [6.45, 7) is 15.4. The molecule has 1 aromatic carbocycles. The first-order chi connectivity index (χ1) is 11.5. The standard InChI is InChI=1S/C21H26N2O/c1-14(24)13-22-16(3)21-15(2)19-7-5-6-8-20(19)23(17(21)4)12-11-18-9-10-18/h5-8,18,22,24H,1,3-4,9-13H2,2H3. The van der Waals surface area contributed by atoms with Gasteiger partial charge in [0.2, 0.25) is 0 Å². The highest BCUT2D eigenvalue weighted by atomic mass is 16.3. The van der Waals surface area contributed by atoms with Crippen LogP contribution in [-0.2, 0) is 0 Å². The largest absolute Gasteiger partial charge is 0.511 e.